The Labute approximate surface area is 144 Å². The van der Waals surface area contributed by atoms with Gasteiger partial charge in [-0.2, -0.15) is 0 Å². The van der Waals surface area contributed by atoms with Gasteiger partial charge in [0.25, 0.3) is 5.91 Å². The van der Waals surface area contributed by atoms with Crippen molar-refractivity contribution < 1.29 is 9.53 Å². The van der Waals surface area contributed by atoms with Gasteiger partial charge in [-0.1, -0.05) is 54.6 Å². The van der Waals surface area contributed by atoms with Crippen LogP contribution >= 0.6 is 23.1 Å². The lowest BCUT2D eigenvalue weighted by molar-refractivity contribution is -0.122. The fourth-order valence-corrected chi connectivity index (χ4v) is 3.37. The van der Waals surface area contributed by atoms with Crippen molar-refractivity contribution in [2.24, 2.45) is 5.92 Å². The van der Waals surface area contributed by atoms with Crippen LogP contribution in [-0.2, 0) is 4.79 Å². The van der Waals surface area contributed by atoms with Gasteiger partial charge in [0.05, 0.1) is 0 Å². The molecule has 0 spiro atoms. The number of carbonyl (C=O) groups is 1. The average Bonchev–Trinajstić information content (AvgIpc) is 2.95. The molecule has 1 aromatic heterocycles. The summed E-state index contributed by atoms with van der Waals surface area (Å²) in [6.45, 7) is 8.02. The Hall–Kier alpha value is -1.60. The van der Waals surface area contributed by atoms with Crippen LogP contribution in [0.2, 0.25) is 0 Å². The fraction of sp³-hybridized carbons (Fsp3) is 0.438. The predicted octanol–water partition coefficient (Wildman–Crippen LogP) is 4.00. The molecule has 0 radical (unpaired) electrons. The molecule has 5 nitrogen and oxygen atoms in total. The van der Waals surface area contributed by atoms with Crippen molar-refractivity contribution in [2.75, 3.05) is 11.1 Å². The maximum atomic E-state index is 12.2. The molecule has 124 valence electrons. The van der Waals surface area contributed by atoms with E-state index in [2.05, 4.69) is 29.4 Å². The first-order valence-electron chi connectivity index (χ1n) is 7.44. The van der Waals surface area contributed by atoms with Gasteiger partial charge < -0.3 is 4.74 Å². The summed E-state index contributed by atoms with van der Waals surface area (Å²) in [7, 11) is 0. The van der Waals surface area contributed by atoms with E-state index in [0.717, 1.165) is 15.7 Å². The Morgan fingerprint density at radius 2 is 1.96 bits per heavy atom. The Balaban J connectivity index is 1.86. The molecule has 2 rings (SSSR count). The Kier molecular flexibility index (Phi) is 6.41. The first-order valence-corrected chi connectivity index (χ1v) is 9.24. The third kappa shape index (κ3) is 5.84. The summed E-state index contributed by atoms with van der Waals surface area (Å²) in [6, 6.07) is 7.60. The number of ether oxygens (including phenoxy) is 1. The monoisotopic (exact) mass is 351 g/mol. The average molecular weight is 351 g/mol. The van der Waals surface area contributed by atoms with Crippen molar-refractivity contribution in [3.8, 4) is 5.75 Å². The minimum atomic E-state index is -0.603. The number of aryl methyl sites for hydroxylation is 1. The number of hydrogen-bond acceptors (Lipinski definition) is 6. The molecule has 1 aromatic carbocycles. The molecule has 7 heteroatoms. The molecule has 2 aromatic rings. The lowest BCUT2D eigenvalue weighted by Gasteiger charge is -2.13. The second-order valence-corrected chi connectivity index (χ2v) is 7.89. The maximum absolute atomic E-state index is 12.2. The number of aromatic nitrogens is 2. The van der Waals surface area contributed by atoms with Gasteiger partial charge in [0.1, 0.15) is 5.75 Å². The molecule has 0 unspecified atom stereocenters. The van der Waals surface area contributed by atoms with Gasteiger partial charge in [-0.15, -0.1) is 10.2 Å². The van der Waals surface area contributed by atoms with Crippen molar-refractivity contribution in [3.05, 3.63) is 29.8 Å². The molecule has 1 heterocycles. The second-order valence-electron chi connectivity index (χ2n) is 5.64. The second kappa shape index (κ2) is 8.31. The van der Waals surface area contributed by atoms with Crippen LogP contribution in [0.3, 0.4) is 0 Å². The zero-order chi connectivity index (χ0) is 16.8. The molecule has 1 N–H and O–H groups in total. The van der Waals surface area contributed by atoms with Crippen molar-refractivity contribution >= 4 is 34.1 Å². The van der Waals surface area contributed by atoms with Gasteiger partial charge in [-0.3, -0.25) is 10.1 Å². The zero-order valence-electron chi connectivity index (χ0n) is 13.7. The van der Waals surface area contributed by atoms with Crippen molar-refractivity contribution in [3.63, 3.8) is 0 Å². The van der Waals surface area contributed by atoms with E-state index >= 15 is 0 Å². The molecule has 23 heavy (non-hydrogen) atoms. The van der Waals surface area contributed by atoms with Crippen LogP contribution in [0.1, 0.15) is 26.3 Å². The van der Waals surface area contributed by atoms with E-state index in [1.807, 2.05) is 31.2 Å². The van der Waals surface area contributed by atoms with E-state index in [-0.39, 0.29) is 5.91 Å². The van der Waals surface area contributed by atoms with E-state index in [0.29, 0.717) is 16.8 Å². The van der Waals surface area contributed by atoms with Crippen LogP contribution in [-0.4, -0.2) is 28.0 Å². The lowest BCUT2D eigenvalue weighted by Crippen LogP contribution is -2.30. The summed E-state index contributed by atoms with van der Waals surface area (Å²) in [5.41, 5.74) is 1.15. The molecule has 0 saturated heterocycles. The number of carbonyl (C=O) groups excluding carboxylic acids is 1. The normalized spacial score (nSPS) is 12.2. The third-order valence-corrected chi connectivity index (χ3v) is 5.28. The van der Waals surface area contributed by atoms with Crippen LogP contribution in [0.5, 0.6) is 5.75 Å². The number of thioether (sulfide) groups is 1. The van der Waals surface area contributed by atoms with Gasteiger partial charge in [0.2, 0.25) is 5.13 Å². The number of nitrogens with zero attached hydrogens (tertiary/aromatic N) is 2. The van der Waals surface area contributed by atoms with E-state index in [9.17, 15) is 4.79 Å². The van der Waals surface area contributed by atoms with Crippen LogP contribution in [0, 0.1) is 12.8 Å². The quantitative estimate of drug-likeness (QED) is 0.603. The van der Waals surface area contributed by atoms with E-state index in [4.69, 9.17) is 4.74 Å². The smallest absolute Gasteiger partial charge is 0.266 e. The summed E-state index contributed by atoms with van der Waals surface area (Å²) >= 11 is 3.03. The molecule has 0 fully saturated rings. The van der Waals surface area contributed by atoms with Gasteiger partial charge in [-0.25, -0.2) is 0 Å². The summed E-state index contributed by atoms with van der Waals surface area (Å²) in [6.07, 6.45) is -0.603. The van der Waals surface area contributed by atoms with Crippen LogP contribution in [0.15, 0.2) is 28.6 Å². The minimum Gasteiger partial charge on any atom is -0.481 e. The number of anilines is 1. The van der Waals surface area contributed by atoms with Crippen LogP contribution in [0.4, 0.5) is 5.13 Å². The van der Waals surface area contributed by atoms with Crippen molar-refractivity contribution in [1.29, 1.82) is 0 Å². The third-order valence-electron chi connectivity index (χ3n) is 2.88. The van der Waals surface area contributed by atoms with E-state index in [1.165, 1.54) is 11.3 Å². The molecule has 0 aliphatic heterocycles. The van der Waals surface area contributed by atoms with Gasteiger partial charge in [0.15, 0.2) is 10.4 Å². The van der Waals surface area contributed by atoms with Crippen LogP contribution < -0.4 is 10.1 Å². The predicted molar refractivity (Wildman–Crippen MR) is 95.4 cm³/mol. The first-order chi connectivity index (χ1) is 10.9. The fourth-order valence-electron chi connectivity index (χ4n) is 1.64. The topological polar surface area (TPSA) is 64.1 Å². The molecule has 0 aliphatic rings. The van der Waals surface area contributed by atoms with E-state index in [1.54, 1.807) is 18.7 Å². The summed E-state index contributed by atoms with van der Waals surface area (Å²) in [5.74, 6) is 2.01. The summed E-state index contributed by atoms with van der Waals surface area (Å²) in [4.78, 5) is 12.2. The number of rotatable bonds is 7. The van der Waals surface area contributed by atoms with Gasteiger partial charge in [0, 0.05) is 5.75 Å². The Bertz CT molecular complexity index is 641. The molecule has 1 atom stereocenters. The molecule has 0 saturated carbocycles. The molecule has 1 amide bonds. The number of hydrogen-bond donors (Lipinski definition) is 1. The Morgan fingerprint density at radius 3 is 2.61 bits per heavy atom. The van der Waals surface area contributed by atoms with Crippen molar-refractivity contribution in [2.45, 2.75) is 38.1 Å². The molecule has 0 aliphatic carbocycles. The number of nitrogens with one attached hydrogen (secondary N) is 1. The molecular weight excluding hydrogens is 330 g/mol. The largest absolute Gasteiger partial charge is 0.481 e. The number of amides is 1. The highest BCUT2D eigenvalue weighted by atomic mass is 32.2. The van der Waals surface area contributed by atoms with Gasteiger partial charge >= 0.3 is 0 Å². The van der Waals surface area contributed by atoms with Gasteiger partial charge in [-0.05, 0) is 31.9 Å². The van der Waals surface area contributed by atoms with Crippen LogP contribution in [0.25, 0.3) is 0 Å². The van der Waals surface area contributed by atoms with E-state index < -0.39 is 6.10 Å². The minimum absolute atomic E-state index is 0.234. The summed E-state index contributed by atoms with van der Waals surface area (Å²) in [5, 5.41) is 11.3. The highest BCUT2D eigenvalue weighted by Gasteiger charge is 2.17. The SMILES string of the molecule is Cc1ccc(O[C@H](C)C(=O)Nc2nnc(SCC(C)C)s2)cc1. The van der Waals surface area contributed by atoms with Crippen molar-refractivity contribution in [1.82, 2.24) is 10.2 Å². The highest BCUT2D eigenvalue weighted by Crippen LogP contribution is 2.27. The highest BCUT2D eigenvalue weighted by molar-refractivity contribution is 8.01. The Morgan fingerprint density at radius 1 is 1.26 bits per heavy atom. The molecular formula is C16H21N3O2S2. The lowest BCUT2D eigenvalue weighted by atomic mass is 10.2. The maximum Gasteiger partial charge on any atom is 0.266 e. The number of benzene rings is 1. The first kappa shape index (κ1) is 17.7. The zero-order valence-corrected chi connectivity index (χ0v) is 15.3. The standard InChI is InChI=1S/C16H21N3O2S2/c1-10(2)9-22-16-19-18-15(23-16)17-14(20)12(4)21-13-7-5-11(3)6-8-13/h5-8,10,12H,9H2,1-4H3,(H,17,18,20)/t12-/m1/s1. The molecule has 0 bridgehead atoms. The summed E-state index contributed by atoms with van der Waals surface area (Å²) < 4.78 is 6.49.